The van der Waals surface area contributed by atoms with Crippen LogP contribution < -0.4 is 10.1 Å². The molecule has 1 N–H and O–H groups in total. The SMILES string of the molecule is COc1ncccc1NCc1cccc2ccccc12. The molecule has 0 aliphatic rings. The summed E-state index contributed by atoms with van der Waals surface area (Å²) in [6.07, 6.45) is 1.72. The molecule has 0 radical (unpaired) electrons. The molecule has 3 heteroatoms. The van der Waals surface area contributed by atoms with Crippen molar-refractivity contribution in [2.45, 2.75) is 6.54 Å². The Labute approximate surface area is 118 Å². The number of ether oxygens (including phenoxy) is 1. The highest BCUT2D eigenvalue weighted by Gasteiger charge is 2.04. The molecule has 0 fully saturated rings. The van der Waals surface area contributed by atoms with Crippen LogP contribution in [0.25, 0.3) is 10.8 Å². The van der Waals surface area contributed by atoms with Gasteiger partial charge in [-0.05, 0) is 28.5 Å². The van der Waals surface area contributed by atoms with Gasteiger partial charge in [0.25, 0.3) is 0 Å². The Bertz CT molecular complexity index is 720. The number of pyridine rings is 1. The largest absolute Gasteiger partial charge is 0.480 e. The maximum absolute atomic E-state index is 5.25. The minimum Gasteiger partial charge on any atom is -0.480 e. The quantitative estimate of drug-likeness (QED) is 0.777. The van der Waals surface area contributed by atoms with Crippen LogP contribution in [0.1, 0.15) is 5.56 Å². The second-order valence-corrected chi connectivity index (χ2v) is 4.55. The third-order valence-corrected chi connectivity index (χ3v) is 3.31. The summed E-state index contributed by atoms with van der Waals surface area (Å²) < 4.78 is 5.25. The van der Waals surface area contributed by atoms with E-state index < -0.39 is 0 Å². The minimum atomic E-state index is 0.618. The first-order valence-electron chi connectivity index (χ1n) is 6.58. The predicted molar refractivity (Wildman–Crippen MR) is 82.1 cm³/mol. The fourth-order valence-electron chi connectivity index (χ4n) is 2.33. The highest BCUT2D eigenvalue weighted by molar-refractivity contribution is 5.85. The highest BCUT2D eigenvalue weighted by Crippen LogP contribution is 2.23. The van der Waals surface area contributed by atoms with Crippen molar-refractivity contribution in [3.8, 4) is 5.88 Å². The summed E-state index contributed by atoms with van der Waals surface area (Å²) in [5.41, 5.74) is 2.16. The molecule has 0 bridgehead atoms. The normalized spacial score (nSPS) is 10.4. The molecule has 0 aliphatic heterocycles. The van der Waals surface area contributed by atoms with Gasteiger partial charge in [-0.2, -0.15) is 0 Å². The van der Waals surface area contributed by atoms with Gasteiger partial charge in [0.2, 0.25) is 5.88 Å². The maximum atomic E-state index is 5.25. The fraction of sp³-hybridized carbons (Fsp3) is 0.118. The molecule has 0 atom stereocenters. The third-order valence-electron chi connectivity index (χ3n) is 3.31. The van der Waals surface area contributed by atoms with Gasteiger partial charge in [-0.1, -0.05) is 42.5 Å². The summed E-state index contributed by atoms with van der Waals surface area (Å²) in [7, 11) is 1.63. The van der Waals surface area contributed by atoms with Crippen LogP contribution in [0.4, 0.5) is 5.69 Å². The van der Waals surface area contributed by atoms with Crippen molar-refractivity contribution in [1.29, 1.82) is 0 Å². The number of rotatable bonds is 4. The molecule has 100 valence electrons. The van der Waals surface area contributed by atoms with E-state index in [1.54, 1.807) is 13.3 Å². The molecule has 1 heterocycles. The second-order valence-electron chi connectivity index (χ2n) is 4.55. The van der Waals surface area contributed by atoms with Crippen molar-refractivity contribution in [2.24, 2.45) is 0 Å². The molecular weight excluding hydrogens is 248 g/mol. The van der Waals surface area contributed by atoms with E-state index in [-0.39, 0.29) is 0 Å². The highest BCUT2D eigenvalue weighted by atomic mass is 16.5. The third kappa shape index (κ3) is 2.43. The summed E-state index contributed by atoms with van der Waals surface area (Å²) in [5, 5.41) is 5.91. The Kier molecular flexibility index (Phi) is 3.50. The Morgan fingerprint density at radius 2 is 1.85 bits per heavy atom. The predicted octanol–water partition coefficient (Wildman–Crippen LogP) is 3.86. The van der Waals surface area contributed by atoms with Crippen molar-refractivity contribution in [3.63, 3.8) is 0 Å². The molecule has 3 nitrogen and oxygen atoms in total. The lowest BCUT2D eigenvalue weighted by molar-refractivity contribution is 0.399. The van der Waals surface area contributed by atoms with Crippen LogP contribution >= 0.6 is 0 Å². The monoisotopic (exact) mass is 264 g/mol. The number of methoxy groups -OCH3 is 1. The van der Waals surface area contributed by atoms with Crippen LogP contribution in [0.15, 0.2) is 60.8 Å². The molecule has 0 unspecified atom stereocenters. The first kappa shape index (κ1) is 12.5. The maximum Gasteiger partial charge on any atom is 0.237 e. The number of aromatic nitrogens is 1. The van der Waals surface area contributed by atoms with Crippen molar-refractivity contribution in [2.75, 3.05) is 12.4 Å². The van der Waals surface area contributed by atoms with E-state index in [1.165, 1.54) is 16.3 Å². The number of nitrogens with zero attached hydrogens (tertiary/aromatic N) is 1. The van der Waals surface area contributed by atoms with Crippen molar-refractivity contribution in [1.82, 2.24) is 4.98 Å². The smallest absolute Gasteiger partial charge is 0.237 e. The van der Waals surface area contributed by atoms with E-state index in [0.717, 1.165) is 12.2 Å². The lowest BCUT2D eigenvalue weighted by Crippen LogP contribution is -2.02. The summed E-state index contributed by atoms with van der Waals surface area (Å²) in [4.78, 5) is 4.19. The van der Waals surface area contributed by atoms with Gasteiger partial charge >= 0.3 is 0 Å². The van der Waals surface area contributed by atoms with E-state index in [9.17, 15) is 0 Å². The molecule has 0 aliphatic carbocycles. The Morgan fingerprint density at radius 3 is 2.75 bits per heavy atom. The lowest BCUT2D eigenvalue weighted by Gasteiger charge is -2.11. The topological polar surface area (TPSA) is 34.1 Å². The number of hydrogen-bond donors (Lipinski definition) is 1. The average molecular weight is 264 g/mol. The fourth-order valence-corrected chi connectivity index (χ4v) is 2.33. The standard InChI is InChI=1S/C17H16N2O/c1-20-17-16(10-5-11-18-17)19-12-14-8-4-7-13-6-2-3-9-15(13)14/h2-11,19H,12H2,1H3. The van der Waals surface area contributed by atoms with Gasteiger partial charge in [0, 0.05) is 12.7 Å². The molecule has 20 heavy (non-hydrogen) atoms. The van der Waals surface area contributed by atoms with E-state index in [0.29, 0.717) is 5.88 Å². The van der Waals surface area contributed by atoms with Crippen LogP contribution in [-0.2, 0) is 6.54 Å². The molecule has 0 saturated carbocycles. The average Bonchev–Trinajstić information content (AvgIpc) is 2.53. The Morgan fingerprint density at radius 1 is 1.00 bits per heavy atom. The number of nitrogens with one attached hydrogen (secondary N) is 1. The van der Waals surface area contributed by atoms with Gasteiger partial charge in [0.15, 0.2) is 0 Å². The summed E-state index contributed by atoms with van der Waals surface area (Å²) in [6.45, 7) is 0.739. The van der Waals surface area contributed by atoms with Crippen LogP contribution in [-0.4, -0.2) is 12.1 Å². The Hall–Kier alpha value is -2.55. The van der Waals surface area contributed by atoms with Gasteiger partial charge in [-0.25, -0.2) is 4.98 Å². The molecule has 3 aromatic rings. The molecule has 3 rings (SSSR count). The van der Waals surface area contributed by atoms with E-state index >= 15 is 0 Å². The van der Waals surface area contributed by atoms with Crippen molar-refractivity contribution < 1.29 is 4.74 Å². The van der Waals surface area contributed by atoms with Crippen LogP contribution in [0.5, 0.6) is 5.88 Å². The summed E-state index contributed by atoms with van der Waals surface area (Å²) in [5.74, 6) is 0.618. The molecule has 0 spiro atoms. The van der Waals surface area contributed by atoms with E-state index in [4.69, 9.17) is 4.74 Å². The zero-order chi connectivity index (χ0) is 13.8. The zero-order valence-electron chi connectivity index (χ0n) is 11.3. The van der Waals surface area contributed by atoms with Crippen LogP contribution in [0, 0.1) is 0 Å². The second kappa shape index (κ2) is 5.61. The number of fused-ring (bicyclic) bond motifs is 1. The van der Waals surface area contributed by atoms with E-state index in [2.05, 4.69) is 52.8 Å². The molecule has 2 aromatic carbocycles. The van der Waals surface area contributed by atoms with Gasteiger partial charge in [-0.15, -0.1) is 0 Å². The number of anilines is 1. The van der Waals surface area contributed by atoms with Crippen molar-refractivity contribution in [3.05, 3.63) is 66.4 Å². The minimum absolute atomic E-state index is 0.618. The first-order valence-corrected chi connectivity index (χ1v) is 6.58. The number of hydrogen-bond acceptors (Lipinski definition) is 3. The van der Waals surface area contributed by atoms with Gasteiger partial charge in [-0.3, -0.25) is 0 Å². The van der Waals surface area contributed by atoms with Gasteiger partial charge in [0.05, 0.1) is 12.8 Å². The summed E-state index contributed by atoms with van der Waals surface area (Å²) >= 11 is 0. The Balaban J connectivity index is 1.87. The van der Waals surface area contributed by atoms with Gasteiger partial charge in [0.1, 0.15) is 0 Å². The molecule has 0 saturated heterocycles. The zero-order valence-corrected chi connectivity index (χ0v) is 11.3. The summed E-state index contributed by atoms with van der Waals surface area (Å²) in [6, 6.07) is 18.6. The lowest BCUT2D eigenvalue weighted by atomic mass is 10.0. The molecule has 1 aromatic heterocycles. The van der Waals surface area contributed by atoms with Gasteiger partial charge < -0.3 is 10.1 Å². The number of benzene rings is 2. The first-order chi connectivity index (χ1) is 9.88. The van der Waals surface area contributed by atoms with Crippen LogP contribution in [0.3, 0.4) is 0 Å². The molecular formula is C17H16N2O. The van der Waals surface area contributed by atoms with E-state index in [1.807, 2.05) is 12.1 Å². The molecule has 0 amide bonds. The van der Waals surface area contributed by atoms with Crippen molar-refractivity contribution >= 4 is 16.5 Å². The van der Waals surface area contributed by atoms with Crippen LogP contribution in [0.2, 0.25) is 0 Å².